The van der Waals surface area contributed by atoms with Crippen LogP contribution in [0.15, 0.2) is 91.0 Å². The summed E-state index contributed by atoms with van der Waals surface area (Å²) in [4.78, 5) is 41.8. The lowest BCUT2D eigenvalue weighted by Crippen LogP contribution is -2.52. The van der Waals surface area contributed by atoms with Crippen molar-refractivity contribution in [2.45, 2.75) is 77.6 Å². The summed E-state index contributed by atoms with van der Waals surface area (Å²) in [6.07, 6.45) is 0.254. The topological polar surface area (TPSA) is 117 Å². The standard InChI is InChI=1S/C41H45N3O6/c1-6-25(2)37(39(46)47)44-23-27-12-11-17-34(36(27)42-35(38(44)45)22-26-18-20-28(21-19-26)50-41(3,4)5)43-40(48)49-24-33-31-15-9-7-13-29(31)30-14-8-10-16-32(30)33/h7-21,25,33,35,37,42H,6,22-24H2,1-5H3,(H,43,48)(H,46,47)/t25-,35-,37-/m0/s1. The monoisotopic (exact) mass is 675 g/mol. The Bertz CT molecular complexity index is 1840. The summed E-state index contributed by atoms with van der Waals surface area (Å²) >= 11 is 0. The average molecular weight is 676 g/mol. The minimum absolute atomic E-state index is 0.0670. The van der Waals surface area contributed by atoms with Crippen LogP contribution in [0.2, 0.25) is 0 Å². The number of para-hydroxylation sites is 1. The number of nitrogens with zero attached hydrogens (tertiary/aromatic N) is 1. The Balaban J connectivity index is 1.26. The lowest BCUT2D eigenvalue weighted by atomic mass is 9.96. The van der Waals surface area contributed by atoms with E-state index in [-0.39, 0.29) is 42.9 Å². The third-order valence-corrected chi connectivity index (χ3v) is 9.53. The van der Waals surface area contributed by atoms with Gasteiger partial charge in [0.25, 0.3) is 0 Å². The predicted octanol–water partition coefficient (Wildman–Crippen LogP) is 8.09. The molecule has 1 aliphatic heterocycles. The van der Waals surface area contributed by atoms with E-state index < -0.39 is 24.1 Å². The fourth-order valence-corrected chi connectivity index (χ4v) is 7.01. The van der Waals surface area contributed by atoms with E-state index in [1.165, 1.54) is 4.90 Å². The molecule has 4 aromatic carbocycles. The van der Waals surface area contributed by atoms with Gasteiger partial charge in [-0.15, -0.1) is 0 Å². The molecule has 0 fully saturated rings. The molecule has 3 N–H and O–H groups in total. The van der Waals surface area contributed by atoms with Crippen molar-refractivity contribution in [3.63, 3.8) is 0 Å². The molecule has 2 aliphatic rings. The van der Waals surface area contributed by atoms with E-state index in [1.807, 2.05) is 89.2 Å². The summed E-state index contributed by atoms with van der Waals surface area (Å²) in [5.41, 5.74) is 6.73. The molecule has 0 aromatic heterocycles. The maximum absolute atomic E-state index is 14.3. The molecular weight excluding hydrogens is 630 g/mol. The van der Waals surface area contributed by atoms with Crippen molar-refractivity contribution in [2.75, 3.05) is 17.2 Å². The van der Waals surface area contributed by atoms with Crippen LogP contribution in [0, 0.1) is 5.92 Å². The zero-order chi connectivity index (χ0) is 35.6. The van der Waals surface area contributed by atoms with Gasteiger partial charge in [0.05, 0.1) is 11.4 Å². The first kappa shape index (κ1) is 34.5. The highest BCUT2D eigenvalue weighted by atomic mass is 16.5. The van der Waals surface area contributed by atoms with Gasteiger partial charge in [0.2, 0.25) is 5.91 Å². The largest absolute Gasteiger partial charge is 0.488 e. The van der Waals surface area contributed by atoms with Gasteiger partial charge in [0, 0.05) is 18.9 Å². The fourth-order valence-electron chi connectivity index (χ4n) is 7.01. The Morgan fingerprint density at radius 1 is 0.940 bits per heavy atom. The highest BCUT2D eigenvalue weighted by molar-refractivity contribution is 5.95. The van der Waals surface area contributed by atoms with Crippen molar-refractivity contribution >= 4 is 29.3 Å². The number of ether oxygens (including phenoxy) is 2. The number of fused-ring (bicyclic) bond motifs is 4. The number of amides is 2. The van der Waals surface area contributed by atoms with E-state index in [9.17, 15) is 19.5 Å². The first-order valence-corrected chi connectivity index (χ1v) is 17.2. The third kappa shape index (κ3) is 7.32. The van der Waals surface area contributed by atoms with E-state index in [1.54, 1.807) is 12.1 Å². The molecular formula is C41H45N3O6. The summed E-state index contributed by atoms with van der Waals surface area (Å²) in [5.74, 6) is -1.04. The van der Waals surface area contributed by atoms with Crippen molar-refractivity contribution in [2.24, 2.45) is 5.92 Å². The summed E-state index contributed by atoms with van der Waals surface area (Å²) < 4.78 is 11.8. The minimum atomic E-state index is -1.05. The van der Waals surface area contributed by atoms with Gasteiger partial charge >= 0.3 is 12.1 Å². The fraction of sp³-hybridized carbons (Fsp3) is 0.341. The van der Waals surface area contributed by atoms with Crippen LogP contribution >= 0.6 is 0 Å². The molecule has 3 atom stereocenters. The minimum Gasteiger partial charge on any atom is -0.488 e. The summed E-state index contributed by atoms with van der Waals surface area (Å²) in [6, 6.07) is 27.5. The maximum atomic E-state index is 14.3. The van der Waals surface area contributed by atoms with Crippen LogP contribution in [-0.4, -0.2) is 52.3 Å². The lowest BCUT2D eigenvalue weighted by molar-refractivity contribution is -0.153. The molecule has 0 unspecified atom stereocenters. The zero-order valence-corrected chi connectivity index (χ0v) is 29.2. The molecule has 1 aliphatic carbocycles. The second-order valence-electron chi connectivity index (χ2n) is 14.2. The van der Waals surface area contributed by atoms with Crippen LogP contribution < -0.4 is 15.4 Å². The van der Waals surface area contributed by atoms with E-state index >= 15 is 0 Å². The predicted molar refractivity (Wildman–Crippen MR) is 195 cm³/mol. The Labute approximate surface area is 293 Å². The first-order valence-electron chi connectivity index (χ1n) is 17.2. The summed E-state index contributed by atoms with van der Waals surface area (Å²) in [5, 5.41) is 16.6. The molecule has 9 nitrogen and oxygen atoms in total. The number of carbonyl (C=O) groups excluding carboxylic acids is 2. The number of nitrogens with one attached hydrogen (secondary N) is 2. The van der Waals surface area contributed by atoms with Crippen LogP contribution in [0.3, 0.4) is 0 Å². The number of rotatable bonds is 10. The second-order valence-corrected chi connectivity index (χ2v) is 14.2. The van der Waals surface area contributed by atoms with Crippen molar-refractivity contribution < 1.29 is 29.0 Å². The smallest absolute Gasteiger partial charge is 0.411 e. The van der Waals surface area contributed by atoms with Gasteiger partial charge in [-0.05, 0) is 78.3 Å². The molecule has 260 valence electrons. The maximum Gasteiger partial charge on any atom is 0.411 e. The third-order valence-electron chi connectivity index (χ3n) is 9.53. The molecule has 0 bridgehead atoms. The molecule has 6 rings (SSSR count). The molecule has 0 saturated heterocycles. The van der Waals surface area contributed by atoms with Crippen molar-refractivity contribution in [1.29, 1.82) is 0 Å². The second kappa shape index (κ2) is 14.3. The molecule has 4 aromatic rings. The van der Waals surface area contributed by atoms with Crippen molar-refractivity contribution in [3.05, 3.63) is 113 Å². The number of carboxylic acids is 1. The molecule has 0 saturated carbocycles. The van der Waals surface area contributed by atoms with Crippen LogP contribution in [-0.2, 0) is 27.3 Å². The van der Waals surface area contributed by atoms with Crippen LogP contribution in [0.4, 0.5) is 16.2 Å². The number of hydrogen-bond donors (Lipinski definition) is 3. The Morgan fingerprint density at radius 3 is 2.18 bits per heavy atom. The van der Waals surface area contributed by atoms with Gasteiger partial charge < -0.3 is 24.8 Å². The lowest BCUT2D eigenvalue weighted by Gasteiger charge is -2.33. The number of carbonyl (C=O) groups is 3. The summed E-state index contributed by atoms with van der Waals surface area (Å²) in [7, 11) is 0. The number of aliphatic carboxylic acids is 1. The van der Waals surface area contributed by atoms with E-state index in [0.717, 1.165) is 27.8 Å². The zero-order valence-electron chi connectivity index (χ0n) is 29.2. The molecule has 50 heavy (non-hydrogen) atoms. The van der Waals surface area contributed by atoms with E-state index in [0.29, 0.717) is 29.1 Å². The van der Waals surface area contributed by atoms with Crippen LogP contribution in [0.25, 0.3) is 11.1 Å². The van der Waals surface area contributed by atoms with Gasteiger partial charge in [-0.3, -0.25) is 10.1 Å². The molecule has 9 heteroatoms. The Hall–Kier alpha value is -5.31. The van der Waals surface area contributed by atoms with Gasteiger partial charge in [-0.25, -0.2) is 9.59 Å². The molecule has 0 radical (unpaired) electrons. The van der Waals surface area contributed by atoms with Crippen molar-refractivity contribution in [3.8, 4) is 16.9 Å². The number of anilines is 2. The van der Waals surface area contributed by atoms with Gasteiger partial charge in [-0.1, -0.05) is 93.1 Å². The normalized spacial score (nSPS) is 16.6. The van der Waals surface area contributed by atoms with Crippen molar-refractivity contribution in [1.82, 2.24) is 4.90 Å². The highest BCUT2D eigenvalue weighted by Crippen LogP contribution is 2.44. The summed E-state index contributed by atoms with van der Waals surface area (Å²) in [6.45, 7) is 9.93. The highest BCUT2D eigenvalue weighted by Gasteiger charge is 2.39. The molecule has 2 amide bonds. The van der Waals surface area contributed by atoms with Gasteiger partial charge in [-0.2, -0.15) is 0 Å². The van der Waals surface area contributed by atoms with Crippen LogP contribution in [0.1, 0.15) is 69.2 Å². The van der Waals surface area contributed by atoms with E-state index in [2.05, 4.69) is 34.9 Å². The quantitative estimate of drug-likeness (QED) is 0.156. The van der Waals surface area contributed by atoms with E-state index in [4.69, 9.17) is 9.47 Å². The van der Waals surface area contributed by atoms with Crippen LogP contribution in [0.5, 0.6) is 5.75 Å². The molecule has 0 spiro atoms. The number of hydrogen-bond acceptors (Lipinski definition) is 6. The number of benzene rings is 4. The van der Waals surface area contributed by atoms with Gasteiger partial charge in [0.15, 0.2) is 0 Å². The number of carboxylic acid groups (broad SMARTS) is 1. The molecule has 1 heterocycles. The Morgan fingerprint density at radius 2 is 1.58 bits per heavy atom. The average Bonchev–Trinajstić information content (AvgIpc) is 3.33. The van der Waals surface area contributed by atoms with Gasteiger partial charge in [0.1, 0.15) is 30.0 Å². The SMILES string of the molecule is CC[C@H](C)[C@@H](C(=O)O)N1Cc2cccc(NC(=O)OCC3c4ccccc4-c4ccccc43)c2N[C@@H](Cc2ccc(OC(C)(C)C)cc2)C1=O. The Kier molecular flexibility index (Phi) is 9.86. The first-order chi connectivity index (χ1) is 23.9.